The number of ether oxygens (including phenoxy) is 1. The Bertz CT molecular complexity index is 307. The minimum Gasteiger partial charge on any atom is -0.377 e. The van der Waals surface area contributed by atoms with Crippen LogP contribution in [0.25, 0.3) is 0 Å². The monoisotopic (exact) mass is 266 g/mol. The highest BCUT2D eigenvalue weighted by molar-refractivity contribution is 4.98. The smallest absolute Gasteiger partial charge is 0.0671 e. The maximum atomic E-state index is 5.42. The van der Waals surface area contributed by atoms with Gasteiger partial charge in [0, 0.05) is 6.04 Å². The maximum Gasteiger partial charge on any atom is 0.0671 e. The van der Waals surface area contributed by atoms with Gasteiger partial charge in [-0.1, -0.05) is 0 Å². The number of nitrogens with zero attached hydrogens (tertiary/aromatic N) is 2. The molecule has 3 heteroatoms. The molecule has 3 saturated heterocycles. The third kappa shape index (κ3) is 2.57. The molecule has 19 heavy (non-hydrogen) atoms. The molecule has 0 aromatic rings. The van der Waals surface area contributed by atoms with Gasteiger partial charge in [-0.25, -0.2) is 0 Å². The molecular weight excluding hydrogens is 236 g/mol. The average molecular weight is 266 g/mol. The zero-order valence-corrected chi connectivity index (χ0v) is 13.0. The molecule has 3 nitrogen and oxygen atoms in total. The standard InChI is InChI=1S/C16H30N2O/c1-14(2)17-8-4-16(5-9-17)6-10-18(11-7-16)15(3)12-19-13-15/h14H,4-13H2,1-3H3. The summed E-state index contributed by atoms with van der Waals surface area (Å²) in [5.41, 5.74) is 1.03. The molecule has 3 fully saturated rings. The minimum absolute atomic E-state index is 0.361. The Labute approximate surface area is 118 Å². The summed E-state index contributed by atoms with van der Waals surface area (Å²) in [5.74, 6) is 0. The number of likely N-dealkylation sites (tertiary alicyclic amines) is 2. The van der Waals surface area contributed by atoms with Crippen molar-refractivity contribution in [3.05, 3.63) is 0 Å². The van der Waals surface area contributed by atoms with Crippen LogP contribution in [0.4, 0.5) is 0 Å². The molecule has 0 bridgehead atoms. The van der Waals surface area contributed by atoms with E-state index in [0.717, 1.165) is 19.3 Å². The first-order valence-electron chi connectivity index (χ1n) is 8.10. The van der Waals surface area contributed by atoms with Gasteiger partial charge >= 0.3 is 0 Å². The van der Waals surface area contributed by atoms with Crippen LogP contribution < -0.4 is 0 Å². The predicted octanol–water partition coefficient (Wildman–Crippen LogP) is 2.36. The van der Waals surface area contributed by atoms with Crippen molar-refractivity contribution in [2.75, 3.05) is 39.4 Å². The summed E-state index contributed by atoms with van der Waals surface area (Å²) in [5, 5.41) is 0. The number of rotatable bonds is 2. The first-order valence-corrected chi connectivity index (χ1v) is 8.10. The fourth-order valence-electron chi connectivity index (χ4n) is 4.12. The van der Waals surface area contributed by atoms with Gasteiger partial charge in [-0.3, -0.25) is 4.90 Å². The van der Waals surface area contributed by atoms with Crippen molar-refractivity contribution in [3.8, 4) is 0 Å². The third-order valence-corrected chi connectivity index (χ3v) is 6.00. The zero-order chi connectivity index (χ0) is 13.5. The van der Waals surface area contributed by atoms with E-state index in [1.165, 1.54) is 51.9 Å². The lowest BCUT2D eigenvalue weighted by Gasteiger charge is -2.54. The number of hydrogen-bond acceptors (Lipinski definition) is 3. The van der Waals surface area contributed by atoms with Crippen LogP contribution in [-0.2, 0) is 4.74 Å². The molecule has 3 rings (SSSR count). The van der Waals surface area contributed by atoms with Gasteiger partial charge in [-0.05, 0) is 78.0 Å². The summed E-state index contributed by atoms with van der Waals surface area (Å²) in [6.45, 7) is 14.1. The molecule has 3 aliphatic heterocycles. The molecule has 0 amide bonds. The van der Waals surface area contributed by atoms with Crippen LogP contribution in [0.15, 0.2) is 0 Å². The van der Waals surface area contributed by atoms with E-state index in [-0.39, 0.29) is 0 Å². The van der Waals surface area contributed by atoms with Crippen molar-refractivity contribution in [3.63, 3.8) is 0 Å². The summed E-state index contributed by atoms with van der Waals surface area (Å²) in [7, 11) is 0. The van der Waals surface area contributed by atoms with Gasteiger partial charge in [0.25, 0.3) is 0 Å². The lowest BCUT2D eigenvalue weighted by atomic mass is 9.70. The lowest BCUT2D eigenvalue weighted by Crippen LogP contribution is -2.63. The number of hydrogen-bond donors (Lipinski definition) is 0. The quantitative estimate of drug-likeness (QED) is 0.763. The first-order chi connectivity index (χ1) is 9.03. The highest BCUT2D eigenvalue weighted by atomic mass is 16.5. The summed E-state index contributed by atoms with van der Waals surface area (Å²) < 4.78 is 5.42. The van der Waals surface area contributed by atoms with Gasteiger partial charge in [0.15, 0.2) is 0 Å². The Hall–Kier alpha value is -0.120. The molecule has 1 spiro atoms. The van der Waals surface area contributed by atoms with E-state index in [1.54, 1.807) is 0 Å². The van der Waals surface area contributed by atoms with Gasteiger partial charge in [0.2, 0.25) is 0 Å². The second-order valence-electron chi connectivity index (χ2n) is 7.61. The average Bonchev–Trinajstić information content (AvgIpc) is 2.37. The fraction of sp³-hybridized carbons (Fsp3) is 1.00. The van der Waals surface area contributed by atoms with Crippen molar-refractivity contribution in [1.29, 1.82) is 0 Å². The molecular formula is C16H30N2O. The fourth-order valence-corrected chi connectivity index (χ4v) is 4.12. The van der Waals surface area contributed by atoms with E-state index >= 15 is 0 Å². The Morgan fingerprint density at radius 2 is 1.42 bits per heavy atom. The highest BCUT2D eigenvalue weighted by Crippen LogP contribution is 2.43. The van der Waals surface area contributed by atoms with Gasteiger partial charge in [0.05, 0.1) is 18.8 Å². The first kappa shape index (κ1) is 13.8. The highest BCUT2D eigenvalue weighted by Gasteiger charge is 2.45. The van der Waals surface area contributed by atoms with Crippen molar-refractivity contribution < 1.29 is 4.74 Å². The largest absolute Gasteiger partial charge is 0.377 e. The second kappa shape index (κ2) is 5.01. The van der Waals surface area contributed by atoms with Crippen LogP contribution in [0.2, 0.25) is 0 Å². The van der Waals surface area contributed by atoms with Crippen LogP contribution in [-0.4, -0.2) is 60.8 Å². The molecule has 0 aromatic heterocycles. The molecule has 0 unspecified atom stereocenters. The van der Waals surface area contributed by atoms with Crippen molar-refractivity contribution in [2.24, 2.45) is 5.41 Å². The molecule has 0 aromatic carbocycles. The van der Waals surface area contributed by atoms with E-state index < -0.39 is 0 Å². The Morgan fingerprint density at radius 1 is 0.895 bits per heavy atom. The molecule has 110 valence electrons. The Balaban J connectivity index is 1.53. The van der Waals surface area contributed by atoms with Gasteiger partial charge < -0.3 is 9.64 Å². The summed E-state index contributed by atoms with van der Waals surface area (Å²) in [4.78, 5) is 5.34. The number of piperidine rings is 2. The van der Waals surface area contributed by atoms with Crippen LogP contribution in [0.3, 0.4) is 0 Å². The molecule has 3 aliphatic rings. The molecule has 0 saturated carbocycles. The van der Waals surface area contributed by atoms with E-state index in [0.29, 0.717) is 11.0 Å². The molecule has 3 heterocycles. The van der Waals surface area contributed by atoms with Gasteiger partial charge in [-0.15, -0.1) is 0 Å². The summed E-state index contributed by atoms with van der Waals surface area (Å²) in [6, 6.07) is 0.725. The topological polar surface area (TPSA) is 15.7 Å². The van der Waals surface area contributed by atoms with Crippen LogP contribution in [0, 0.1) is 5.41 Å². The van der Waals surface area contributed by atoms with E-state index in [2.05, 4.69) is 30.6 Å². The van der Waals surface area contributed by atoms with Gasteiger partial charge in [-0.2, -0.15) is 0 Å². The van der Waals surface area contributed by atoms with Crippen LogP contribution >= 0.6 is 0 Å². The van der Waals surface area contributed by atoms with Gasteiger partial charge in [0.1, 0.15) is 0 Å². The van der Waals surface area contributed by atoms with Crippen molar-refractivity contribution >= 4 is 0 Å². The Kier molecular flexibility index (Phi) is 3.65. The minimum atomic E-state index is 0.361. The molecule has 0 radical (unpaired) electrons. The van der Waals surface area contributed by atoms with E-state index in [1.807, 2.05) is 0 Å². The normalized spacial score (nSPS) is 31.6. The zero-order valence-electron chi connectivity index (χ0n) is 13.0. The second-order valence-corrected chi connectivity index (χ2v) is 7.61. The summed E-state index contributed by atoms with van der Waals surface area (Å²) >= 11 is 0. The van der Waals surface area contributed by atoms with E-state index in [9.17, 15) is 0 Å². The molecule has 0 aliphatic carbocycles. The predicted molar refractivity (Wildman–Crippen MR) is 78.4 cm³/mol. The Morgan fingerprint density at radius 3 is 1.84 bits per heavy atom. The third-order valence-electron chi connectivity index (χ3n) is 6.00. The SMILES string of the molecule is CC(C)N1CCC2(CC1)CCN(C1(C)COC1)CC2. The summed E-state index contributed by atoms with van der Waals surface area (Å²) in [6.07, 6.45) is 5.67. The lowest BCUT2D eigenvalue weighted by molar-refractivity contribution is -0.146. The maximum absolute atomic E-state index is 5.42. The van der Waals surface area contributed by atoms with Crippen LogP contribution in [0.5, 0.6) is 0 Å². The van der Waals surface area contributed by atoms with Crippen LogP contribution in [0.1, 0.15) is 46.5 Å². The molecule has 0 atom stereocenters. The van der Waals surface area contributed by atoms with E-state index in [4.69, 9.17) is 4.74 Å². The van der Waals surface area contributed by atoms with Crippen molar-refractivity contribution in [2.45, 2.75) is 58.0 Å². The molecule has 0 N–H and O–H groups in total. The van der Waals surface area contributed by atoms with Crippen molar-refractivity contribution in [1.82, 2.24) is 9.80 Å².